The molecule has 0 atom stereocenters. The van der Waals surface area contributed by atoms with Gasteiger partial charge in [-0.15, -0.1) is 0 Å². The molecule has 18 heavy (non-hydrogen) atoms. The summed E-state index contributed by atoms with van der Waals surface area (Å²) in [4.78, 5) is 15.8. The number of carbonyl (C=O) groups excluding carboxylic acids is 1. The molecule has 2 aromatic rings. The van der Waals surface area contributed by atoms with Gasteiger partial charge in [0.2, 0.25) is 0 Å². The smallest absolute Gasteiger partial charge is 0.257 e. The number of anilines is 2. The number of hydrogen-bond donors (Lipinski definition) is 2. The van der Waals surface area contributed by atoms with E-state index >= 15 is 0 Å². The van der Waals surface area contributed by atoms with Gasteiger partial charge < -0.3 is 11.1 Å². The van der Waals surface area contributed by atoms with Crippen LogP contribution in [0.4, 0.5) is 11.4 Å². The second-order valence-corrected chi connectivity index (χ2v) is 4.30. The third-order valence-electron chi connectivity index (χ3n) is 2.45. The number of rotatable bonds is 2. The summed E-state index contributed by atoms with van der Waals surface area (Å²) in [6.07, 6.45) is 1.42. The summed E-state index contributed by atoms with van der Waals surface area (Å²) in [5, 5.41) is 3.09. The molecule has 0 aliphatic carbocycles. The van der Waals surface area contributed by atoms with Crippen LogP contribution in [0.15, 0.2) is 36.5 Å². The van der Waals surface area contributed by atoms with Crippen molar-refractivity contribution in [3.63, 3.8) is 0 Å². The molecule has 3 N–H and O–H groups in total. The third kappa shape index (κ3) is 2.78. The molecular weight excluding hydrogens is 250 g/mol. The summed E-state index contributed by atoms with van der Waals surface area (Å²) in [5.74, 6) is -0.267. The van der Waals surface area contributed by atoms with E-state index in [4.69, 9.17) is 17.3 Å². The molecule has 4 nitrogen and oxygen atoms in total. The van der Waals surface area contributed by atoms with Crippen LogP contribution in [0.1, 0.15) is 15.9 Å². The fourth-order valence-corrected chi connectivity index (χ4v) is 1.59. The van der Waals surface area contributed by atoms with E-state index in [1.165, 1.54) is 6.20 Å². The van der Waals surface area contributed by atoms with Gasteiger partial charge in [-0.05, 0) is 36.8 Å². The summed E-state index contributed by atoms with van der Waals surface area (Å²) >= 11 is 5.66. The fraction of sp³-hybridized carbons (Fsp3) is 0.0769. The van der Waals surface area contributed by atoms with Crippen LogP contribution >= 0.6 is 11.6 Å². The molecule has 1 aromatic carbocycles. The molecule has 0 fully saturated rings. The standard InChI is InChI=1S/C13H12ClN3O/c1-8-2-4-10(15)11(6-8)17-13(18)9-3-5-12(14)16-7-9/h2-7H,15H2,1H3,(H,17,18). The Bertz CT molecular complexity index is 581. The topological polar surface area (TPSA) is 68.0 Å². The third-order valence-corrected chi connectivity index (χ3v) is 2.67. The van der Waals surface area contributed by atoms with Gasteiger partial charge in [0.05, 0.1) is 16.9 Å². The van der Waals surface area contributed by atoms with E-state index in [0.29, 0.717) is 22.1 Å². The number of carbonyl (C=O) groups is 1. The van der Waals surface area contributed by atoms with Gasteiger partial charge in [0.15, 0.2) is 0 Å². The van der Waals surface area contributed by atoms with Gasteiger partial charge in [-0.1, -0.05) is 17.7 Å². The number of nitrogens with one attached hydrogen (secondary N) is 1. The highest BCUT2D eigenvalue weighted by Gasteiger charge is 2.08. The Kier molecular flexibility index (Phi) is 3.48. The minimum Gasteiger partial charge on any atom is -0.397 e. The van der Waals surface area contributed by atoms with Crippen molar-refractivity contribution < 1.29 is 4.79 Å². The minimum atomic E-state index is -0.267. The quantitative estimate of drug-likeness (QED) is 0.645. The molecule has 0 radical (unpaired) electrons. The zero-order chi connectivity index (χ0) is 13.1. The fourth-order valence-electron chi connectivity index (χ4n) is 1.48. The molecule has 0 aliphatic rings. The average molecular weight is 262 g/mol. The number of benzene rings is 1. The van der Waals surface area contributed by atoms with E-state index in [1.807, 2.05) is 19.1 Å². The highest BCUT2D eigenvalue weighted by atomic mass is 35.5. The number of nitrogens with two attached hydrogens (primary N) is 1. The lowest BCUT2D eigenvalue weighted by molar-refractivity contribution is 0.102. The molecule has 0 bridgehead atoms. The monoisotopic (exact) mass is 261 g/mol. The highest BCUT2D eigenvalue weighted by molar-refractivity contribution is 6.29. The maximum Gasteiger partial charge on any atom is 0.257 e. The van der Waals surface area contributed by atoms with Crippen LogP contribution in [0, 0.1) is 6.92 Å². The molecule has 0 spiro atoms. The SMILES string of the molecule is Cc1ccc(N)c(NC(=O)c2ccc(Cl)nc2)c1. The average Bonchev–Trinajstić information content (AvgIpc) is 2.34. The molecule has 2 rings (SSSR count). The van der Waals surface area contributed by atoms with E-state index in [2.05, 4.69) is 10.3 Å². The predicted molar refractivity (Wildman–Crippen MR) is 72.8 cm³/mol. The van der Waals surface area contributed by atoms with Gasteiger partial charge in [0.1, 0.15) is 5.15 Å². The zero-order valence-electron chi connectivity index (χ0n) is 9.77. The van der Waals surface area contributed by atoms with E-state index in [-0.39, 0.29) is 5.91 Å². The largest absolute Gasteiger partial charge is 0.397 e. The van der Waals surface area contributed by atoms with Crippen LogP contribution in [0.3, 0.4) is 0 Å². The lowest BCUT2D eigenvalue weighted by Crippen LogP contribution is -2.13. The van der Waals surface area contributed by atoms with Crippen molar-refractivity contribution in [2.24, 2.45) is 0 Å². The first-order valence-electron chi connectivity index (χ1n) is 5.35. The molecule has 0 saturated heterocycles. The summed E-state index contributed by atoms with van der Waals surface area (Å²) in [7, 11) is 0. The minimum absolute atomic E-state index is 0.267. The molecule has 5 heteroatoms. The van der Waals surface area contributed by atoms with Crippen LogP contribution in [-0.2, 0) is 0 Å². The molecular formula is C13H12ClN3O. The van der Waals surface area contributed by atoms with Crippen molar-refractivity contribution in [3.05, 3.63) is 52.8 Å². The number of pyridine rings is 1. The number of nitrogen functional groups attached to an aromatic ring is 1. The first-order valence-corrected chi connectivity index (χ1v) is 5.73. The second-order valence-electron chi connectivity index (χ2n) is 3.91. The number of aryl methyl sites for hydroxylation is 1. The van der Waals surface area contributed by atoms with E-state index in [1.54, 1.807) is 18.2 Å². The Hall–Kier alpha value is -2.07. The molecule has 92 valence electrons. The van der Waals surface area contributed by atoms with Gasteiger partial charge >= 0.3 is 0 Å². The van der Waals surface area contributed by atoms with Crippen LogP contribution < -0.4 is 11.1 Å². The summed E-state index contributed by atoms with van der Waals surface area (Å²) in [6, 6.07) is 8.63. The van der Waals surface area contributed by atoms with E-state index in [0.717, 1.165) is 5.56 Å². The summed E-state index contributed by atoms with van der Waals surface area (Å²) in [6.45, 7) is 1.93. The first-order chi connectivity index (χ1) is 8.56. The predicted octanol–water partition coefficient (Wildman–Crippen LogP) is 2.88. The normalized spacial score (nSPS) is 10.1. The molecule has 0 saturated carbocycles. The molecule has 0 aliphatic heterocycles. The van der Waals surface area contributed by atoms with Gasteiger partial charge in [-0.25, -0.2) is 4.98 Å². The van der Waals surface area contributed by atoms with Crippen LogP contribution in [0.2, 0.25) is 5.15 Å². The van der Waals surface area contributed by atoms with E-state index in [9.17, 15) is 4.79 Å². The molecule has 1 heterocycles. The number of amides is 1. The van der Waals surface area contributed by atoms with Crippen molar-refractivity contribution in [3.8, 4) is 0 Å². The summed E-state index contributed by atoms with van der Waals surface area (Å²) in [5.41, 5.74) is 8.36. The molecule has 0 unspecified atom stereocenters. The Morgan fingerprint density at radius 3 is 2.78 bits per heavy atom. The van der Waals surface area contributed by atoms with Crippen molar-refractivity contribution >= 4 is 28.9 Å². The summed E-state index contributed by atoms with van der Waals surface area (Å²) < 4.78 is 0. The van der Waals surface area contributed by atoms with Gasteiger partial charge in [-0.3, -0.25) is 4.79 Å². The number of aromatic nitrogens is 1. The van der Waals surface area contributed by atoms with Gasteiger partial charge in [-0.2, -0.15) is 0 Å². The molecule has 1 amide bonds. The van der Waals surface area contributed by atoms with Gasteiger partial charge in [0.25, 0.3) is 5.91 Å². The first kappa shape index (κ1) is 12.4. The maximum atomic E-state index is 11.9. The second kappa shape index (κ2) is 5.06. The Balaban J connectivity index is 2.21. The van der Waals surface area contributed by atoms with E-state index < -0.39 is 0 Å². The Labute approximate surface area is 110 Å². The number of nitrogens with zero attached hydrogens (tertiary/aromatic N) is 1. The van der Waals surface area contributed by atoms with Gasteiger partial charge in [0, 0.05) is 6.20 Å². The van der Waals surface area contributed by atoms with Crippen molar-refractivity contribution in [1.82, 2.24) is 4.98 Å². The van der Waals surface area contributed by atoms with Crippen molar-refractivity contribution in [2.75, 3.05) is 11.1 Å². The lowest BCUT2D eigenvalue weighted by atomic mass is 10.2. The van der Waals surface area contributed by atoms with Crippen LogP contribution in [0.25, 0.3) is 0 Å². The van der Waals surface area contributed by atoms with Crippen molar-refractivity contribution in [1.29, 1.82) is 0 Å². The van der Waals surface area contributed by atoms with Crippen LogP contribution in [-0.4, -0.2) is 10.9 Å². The zero-order valence-corrected chi connectivity index (χ0v) is 10.5. The Morgan fingerprint density at radius 1 is 1.33 bits per heavy atom. The Morgan fingerprint density at radius 2 is 2.11 bits per heavy atom. The van der Waals surface area contributed by atoms with Crippen molar-refractivity contribution in [2.45, 2.75) is 6.92 Å². The maximum absolute atomic E-state index is 11.9. The number of halogens is 1. The highest BCUT2D eigenvalue weighted by Crippen LogP contribution is 2.20. The lowest BCUT2D eigenvalue weighted by Gasteiger charge is -2.08. The molecule has 1 aromatic heterocycles. The number of hydrogen-bond acceptors (Lipinski definition) is 3. The van der Waals surface area contributed by atoms with Crippen LogP contribution in [0.5, 0.6) is 0 Å².